The minimum Gasteiger partial charge on any atom is -0.503 e. The van der Waals surface area contributed by atoms with Crippen LogP contribution in [0.15, 0.2) is 41.3 Å². The third-order valence-electron chi connectivity index (χ3n) is 3.63. The van der Waals surface area contributed by atoms with Gasteiger partial charge in [0.1, 0.15) is 6.10 Å². The van der Waals surface area contributed by atoms with Crippen LogP contribution in [0.1, 0.15) is 35.8 Å². The van der Waals surface area contributed by atoms with Gasteiger partial charge in [0.05, 0.1) is 5.69 Å². The van der Waals surface area contributed by atoms with Crippen LogP contribution in [0.3, 0.4) is 0 Å². The van der Waals surface area contributed by atoms with E-state index < -0.39 is 23.3 Å². The molecule has 1 atom stereocenters. The van der Waals surface area contributed by atoms with E-state index in [2.05, 4.69) is 0 Å². The number of carboxylic acids is 1. The molecule has 1 aromatic heterocycles. The Morgan fingerprint density at radius 3 is 2.48 bits per heavy atom. The van der Waals surface area contributed by atoms with Crippen LogP contribution in [0.4, 0.5) is 0 Å². The quantitative estimate of drug-likeness (QED) is 0.754. The van der Waals surface area contributed by atoms with Crippen LogP contribution in [-0.2, 0) is 11.3 Å². The van der Waals surface area contributed by atoms with E-state index in [0.717, 1.165) is 5.56 Å². The van der Waals surface area contributed by atoms with Gasteiger partial charge >= 0.3 is 5.97 Å². The molecular formula is C17H19NO5. The molecule has 0 radical (unpaired) electrons. The Kier molecular flexibility index (Phi) is 5.18. The number of nitrogens with zero attached hydrogens (tertiary/aromatic N) is 1. The van der Waals surface area contributed by atoms with Crippen molar-refractivity contribution in [3.8, 4) is 5.75 Å². The predicted octanol–water partition coefficient (Wildman–Crippen LogP) is 1.81. The fraction of sp³-hybridized carbons (Fsp3) is 0.294. The fourth-order valence-corrected chi connectivity index (χ4v) is 2.37. The zero-order valence-corrected chi connectivity index (χ0v) is 12.8. The molecule has 0 fully saturated rings. The summed E-state index contributed by atoms with van der Waals surface area (Å²) >= 11 is 0. The molecule has 0 bridgehead atoms. The van der Waals surface area contributed by atoms with Gasteiger partial charge in [-0.1, -0.05) is 29.8 Å². The zero-order valence-electron chi connectivity index (χ0n) is 12.8. The first-order chi connectivity index (χ1) is 10.9. The van der Waals surface area contributed by atoms with Gasteiger partial charge in [0.25, 0.3) is 0 Å². The van der Waals surface area contributed by atoms with Crippen LogP contribution in [0.25, 0.3) is 0 Å². The zero-order chi connectivity index (χ0) is 17.0. The average molecular weight is 317 g/mol. The highest BCUT2D eigenvalue weighted by molar-refractivity contribution is 5.66. The Morgan fingerprint density at radius 2 is 1.87 bits per heavy atom. The Morgan fingerprint density at radius 1 is 1.22 bits per heavy atom. The highest BCUT2D eigenvalue weighted by atomic mass is 16.4. The van der Waals surface area contributed by atoms with E-state index in [9.17, 15) is 19.8 Å². The van der Waals surface area contributed by atoms with Crippen LogP contribution in [0.2, 0.25) is 0 Å². The van der Waals surface area contributed by atoms with Gasteiger partial charge in [0, 0.05) is 25.2 Å². The number of hydrogen-bond acceptors (Lipinski definition) is 4. The first-order valence-corrected chi connectivity index (χ1v) is 7.29. The summed E-state index contributed by atoms with van der Waals surface area (Å²) in [5, 5.41) is 29.3. The first kappa shape index (κ1) is 16.8. The van der Waals surface area contributed by atoms with Crippen molar-refractivity contribution in [2.45, 2.75) is 32.4 Å². The van der Waals surface area contributed by atoms with E-state index in [-0.39, 0.29) is 18.7 Å². The summed E-state index contributed by atoms with van der Waals surface area (Å²) in [4.78, 5) is 22.3. The molecule has 6 nitrogen and oxygen atoms in total. The SMILES string of the molecule is Cc1ccc(C(O)c2c(O)c(=O)ccn2CCCC(=O)O)cc1. The van der Waals surface area contributed by atoms with E-state index in [1.165, 1.54) is 16.8 Å². The van der Waals surface area contributed by atoms with Crippen molar-refractivity contribution in [3.63, 3.8) is 0 Å². The number of pyridine rings is 1. The van der Waals surface area contributed by atoms with Gasteiger partial charge in [0.15, 0.2) is 5.75 Å². The van der Waals surface area contributed by atoms with E-state index in [1.54, 1.807) is 12.1 Å². The van der Waals surface area contributed by atoms with Crippen molar-refractivity contribution in [1.82, 2.24) is 4.57 Å². The summed E-state index contributed by atoms with van der Waals surface area (Å²) in [7, 11) is 0. The van der Waals surface area contributed by atoms with Crippen molar-refractivity contribution in [2.24, 2.45) is 0 Å². The molecule has 0 saturated carbocycles. The van der Waals surface area contributed by atoms with Gasteiger partial charge in [-0.15, -0.1) is 0 Å². The lowest BCUT2D eigenvalue weighted by Gasteiger charge is -2.19. The summed E-state index contributed by atoms with van der Waals surface area (Å²) in [6.07, 6.45) is 0.573. The Hall–Kier alpha value is -2.60. The molecule has 6 heteroatoms. The maximum absolute atomic E-state index is 11.7. The van der Waals surface area contributed by atoms with Crippen LogP contribution in [-0.4, -0.2) is 25.9 Å². The van der Waals surface area contributed by atoms with Gasteiger partial charge < -0.3 is 19.9 Å². The number of aliphatic hydroxyl groups excluding tert-OH is 1. The number of rotatable bonds is 6. The summed E-state index contributed by atoms with van der Waals surface area (Å²) in [6.45, 7) is 2.19. The molecular weight excluding hydrogens is 298 g/mol. The van der Waals surface area contributed by atoms with E-state index >= 15 is 0 Å². The highest BCUT2D eigenvalue weighted by Crippen LogP contribution is 2.27. The number of aromatic nitrogens is 1. The maximum atomic E-state index is 11.7. The van der Waals surface area contributed by atoms with Gasteiger partial charge in [-0.05, 0) is 18.9 Å². The van der Waals surface area contributed by atoms with Crippen molar-refractivity contribution in [3.05, 3.63) is 63.6 Å². The molecule has 0 saturated heterocycles. The van der Waals surface area contributed by atoms with Crippen molar-refractivity contribution >= 4 is 5.97 Å². The second-order valence-electron chi connectivity index (χ2n) is 5.42. The molecule has 0 spiro atoms. The molecule has 3 N–H and O–H groups in total. The number of carboxylic acid groups (broad SMARTS) is 1. The van der Waals surface area contributed by atoms with Crippen LogP contribution >= 0.6 is 0 Å². The topological polar surface area (TPSA) is 99.8 Å². The summed E-state index contributed by atoms with van der Waals surface area (Å²) in [6, 6.07) is 8.29. The lowest BCUT2D eigenvalue weighted by Crippen LogP contribution is -2.17. The van der Waals surface area contributed by atoms with Crippen molar-refractivity contribution in [2.75, 3.05) is 0 Å². The number of aliphatic hydroxyl groups is 1. The molecule has 0 aliphatic rings. The Labute approximate surface area is 133 Å². The summed E-state index contributed by atoms with van der Waals surface area (Å²) in [5.74, 6) is -1.44. The Bertz CT molecular complexity index is 749. The fourth-order valence-electron chi connectivity index (χ4n) is 2.37. The smallest absolute Gasteiger partial charge is 0.303 e. The maximum Gasteiger partial charge on any atom is 0.303 e. The monoisotopic (exact) mass is 317 g/mol. The molecule has 0 amide bonds. The van der Waals surface area contributed by atoms with E-state index in [4.69, 9.17) is 5.11 Å². The summed E-state index contributed by atoms with van der Waals surface area (Å²) < 4.78 is 1.52. The van der Waals surface area contributed by atoms with Crippen molar-refractivity contribution < 1.29 is 20.1 Å². The molecule has 0 aliphatic carbocycles. The number of benzene rings is 1. The molecule has 1 aromatic carbocycles. The van der Waals surface area contributed by atoms with Crippen molar-refractivity contribution in [1.29, 1.82) is 0 Å². The lowest BCUT2D eigenvalue weighted by atomic mass is 10.0. The lowest BCUT2D eigenvalue weighted by molar-refractivity contribution is -0.137. The van der Waals surface area contributed by atoms with Crippen LogP contribution < -0.4 is 5.43 Å². The van der Waals surface area contributed by atoms with Gasteiger partial charge in [-0.25, -0.2) is 0 Å². The average Bonchev–Trinajstić information content (AvgIpc) is 2.51. The van der Waals surface area contributed by atoms with Crippen LogP contribution in [0.5, 0.6) is 5.75 Å². The molecule has 1 unspecified atom stereocenters. The molecule has 0 aliphatic heterocycles. The standard InChI is InChI=1S/C17H19NO5/c1-11-4-6-12(7-5-11)16(22)15-17(23)13(19)8-10-18(15)9-2-3-14(20)21/h4-8,10,16,22-23H,2-3,9H2,1H3,(H,20,21). The molecule has 122 valence electrons. The largest absolute Gasteiger partial charge is 0.503 e. The molecule has 2 rings (SSSR count). The van der Waals surface area contributed by atoms with E-state index in [0.29, 0.717) is 12.0 Å². The number of carbonyl (C=O) groups is 1. The summed E-state index contributed by atoms with van der Waals surface area (Å²) in [5.41, 5.74) is 1.06. The highest BCUT2D eigenvalue weighted by Gasteiger charge is 2.20. The second kappa shape index (κ2) is 7.11. The van der Waals surface area contributed by atoms with E-state index in [1.807, 2.05) is 19.1 Å². The van der Waals surface area contributed by atoms with Crippen LogP contribution in [0, 0.1) is 6.92 Å². The Balaban J connectivity index is 2.38. The van der Waals surface area contributed by atoms with Gasteiger partial charge in [-0.2, -0.15) is 0 Å². The normalized spacial score (nSPS) is 12.1. The number of aryl methyl sites for hydroxylation is 2. The third kappa shape index (κ3) is 3.98. The minimum atomic E-state index is -1.17. The first-order valence-electron chi connectivity index (χ1n) is 7.29. The molecule has 2 aromatic rings. The van der Waals surface area contributed by atoms with Gasteiger partial charge in [-0.3, -0.25) is 9.59 Å². The molecule has 23 heavy (non-hydrogen) atoms. The number of aromatic hydroxyl groups is 1. The second-order valence-corrected chi connectivity index (χ2v) is 5.42. The molecule has 1 heterocycles. The minimum absolute atomic E-state index is 0.0348. The third-order valence-corrected chi connectivity index (χ3v) is 3.63. The van der Waals surface area contributed by atoms with Gasteiger partial charge in [0.2, 0.25) is 5.43 Å². The number of hydrogen-bond donors (Lipinski definition) is 3. The predicted molar refractivity (Wildman–Crippen MR) is 84.5 cm³/mol. The number of aliphatic carboxylic acids is 1.